The molecule has 0 aliphatic carbocycles. The van der Waals surface area contributed by atoms with E-state index in [4.69, 9.17) is 13.9 Å². The summed E-state index contributed by atoms with van der Waals surface area (Å²) >= 11 is 0. The molecule has 1 aliphatic heterocycles. The summed E-state index contributed by atoms with van der Waals surface area (Å²) in [7, 11) is 1.56. The van der Waals surface area contributed by atoms with Crippen LogP contribution in [0.3, 0.4) is 0 Å². The van der Waals surface area contributed by atoms with Gasteiger partial charge in [-0.05, 0) is 54.3 Å². The maximum atomic E-state index is 13.4. The number of methoxy groups -OCH3 is 1. The summed E-state index contributed by atoms with van der Waals surface area (Å²) in [5.41, 5.74) is 4.16. The van der Waals surface area contributed by atoms with Crippen LogP contribution in [0, 0.1) is 13.8 Å². The van der Waals surface area contributed by atoms with Gasteiger partial charge in [-0.2, -0.15) is 0 Å². The lowest BCUT2D eigenvalue weighted by Gasteiger charge is -2.16. The highest BCUT2D eigenvalue weighted by Crippen LogP contribution is 2.36. The lowest BCUT2D eigenvalue weighted by molar-refractivity contribution is 0.0938. The highest BCUT2D eigenvalue weighted by molar-refractivity contribution is 5.99. The Labute approximate surface area is 190 Å². The van der Waals surface area contributed by atoms with Crippen molar-refractivity contribution in [2.75, 3.05) is 7.11 Å². The minimum Gasteiger partial charge on any atom is -0.493 e. The second-order valence-electron chi connectivity index (χ2n) is 8.15. The number of carbonyl (C=O) groups excluding carboxylic acids is 1. The van der Waals surface area contributed by atoms with E-state index >= 15 is 0 Å². The molecular weight excluding hydrogens is 418 g/mol. The zero-order valence-corrected chi connectivity index (χ0v) is 18.6. The molecule has 0 saturated heterocycles. The molecule has 2 heterocycles. The van der Waals surface area contributed by atoms with E-state index < -0.39 is 11.9 Å². The Bertz CT molecular complexity index is 1440. The standard InChI is InChI=1S/C27H23NO5/c1-15-9-11-19-24(29)22-23(28-27(30)26(22)33-25(19)16(15)2)18-10-12-20(21(13-18)31-3)32-14-17-7-5-4-6-8-17/h4-13,23H,14H2,1-3H3,(H,28,30). The van der Waals surface area contributed by atoms with Crippen molar-refractivity contribution in [1.82, 2.24) is 5.32 Å². The van der Waals surface area contributed by atoms with E-state index in [1.165, 1.54) is 0 Å². The van der Waals surface area contributed by atoms with Crippen molar-refractivity contribution in [3.05, 3.63) is 104 Å². The molecule has 1 amide bonds. The van der Waals surface area contributed by atoms with Crippen LogP contribution in [0.1, 0.15) is 44.4 Å². The molecule has 1 aliphatic rings. The Morgan fingerprint density at radius 1 is 0.970 bits per heavy atom. The van der Waals surface area contributed by atoms with E-state index in [1.54, 1.807) is 25.3 Å². The Balaban J connectivity index is 1.53. The van der Waals surface area contributed by atoms with Gasteiger partial charge in [0.05, 0.1) is 24.1 Å². The molecule has 3 aromatic carbocycles. The van der Waals surface area contributed by atoms with Crippen LogP contribution in [0.2, 0.25) is 0 Å². The predicted octanol–water partition coefficient (Wildman–Crippen LogP) is 4.83. The molecule has 1 aromatic heterocycles. The number of ether oxygens (including phenoxy) is 2. The number of fused-ring (bicyclic) bond motifs is 2. The molecule has 1 N–H and O–H groups in total. The molecule has 0 fully saturated rings. The summed E-state index contributed by atoms with van der Waals surface area (Å²) in [6.07, 6.45) is 0. The van der Waals surface area contributed by atoms with Gasteiger partial charge in [0.2, 0.25) is 5.76 Å². The van der Waals surface area contributed by atoms with Crippen molar-refractivity contribution < 1.29 is 18.7 Å². The van der Waals surface area contributed by atoms with E-state index in [0.717, 1.165) is 16.7 Å². The van der Waals surface area contributed by atoms with Gasteiger partial charge in [0.25, 0.3) is 5.91 Å². The number of aryl methyl sites for hydroxylation is 2. The van der Waals surface area contributed by atoms with Gasteiger partial charge in [-0.15, -0.1) is 0 Å². The molecule has 5 rings (SSSR count). The van der Waals surface area contributed by atoms with E-state index in [2.05, 4.69) is 5.32 Å². The zero-order valence-electron chi connectivity index (χ0n) is 18.6. The van der Waals surface area contributed by atoms with Gasteiger partial charge in [0, 0.05) is 0 Å². The third kappa shape index (κ3) is 3.53. The summed E-state index contributed by atoms with van der Waals surface area (Å²) in [5, 5.41) is 3.35. The maximum Gasteiger partial charge on any atom is 0.288 e. The molecule has 1 atom stereocenters. The molecule has 6 heteroatoms. The maximum absolute atomic E-state index is 13.4. The van der Waals surface area contributed by atoms with Crippen LogP contribution >= 0.6 is 0 Å². The van der Waals surface area contributed by atoms with E-state index in [-0.39, 0.29) is 11.2 Å². The van der Waals surface area contributed by atoms with Crippen LogP contribution in [-0.4, -0.2) is 13.0 Å². The van der Waals surface area contributed by atoms with E-state index in [1.807, 2.05) is 56.3 Å². The molecule has 0 spiro atoms. The largest absolute Gasteiger partial charge is 0.493 e. The lowest BCUT2D eigenvalue weighted by Crippen LogP contribution is -2.22. The molecule has 0 bridgehead atoms. The topological polar surface area (TPSA) is 77.8 Å². The summed E-state index contributed by atoms with van der Waals surface area (Å²) < 4.78 is 17.4. The smallest absolute Gasteiger partial charge is 0.288 e. The summed E-state index contributed by atoms with van der Waals surface area (Å²) in [4.78, 5) is 26.1. The molecule has 6 nitrogen and oxygen atoms in total. The predicted molar refractivity (Wildman–Crippen MR) is 125 cm³/mol. The summed E-state index contributed by atoms with van der Waals surface area (Å²) in [6.45, 7) is 4.23. The first-order valence-corrected chi connectivity index (χ1v) is 10.7. The molecule has 1 unspecified atom stereocenters. The van der Waals surface area contributed by atoms with Gasteiger partial charge < -0.3 is 19.2 Å². The van der Waals surface area contributed by atoms with E-state index in [9.17, 15) is 9.59 Å². The van der Waals surface area contributed by atoms with Crippen LogP contribution < -0.4 is 20.2 Å². The fraction of sp³-hybridized carbons (Fsp3) is 0.185. The van der Waals surface area contributed by atoms with Crippen LogP contribution in [0.4, 0.5) is 0 Å². The van der Waals surface area contributed by atoms with Crippen molar-refractivity contribution in [2.24, 2.45) is 0 Å². The first-order valence-electron chi connectivity index (χ1n) is 10.7. The number of hydrogen-bond donors (Lipinski definition) is 1. The van der Waals surface area contributed by atoms with Crippen molar-refractivity contribution in [3.8, 4) is 11.5 Å². The minimum atomic E-state index is -0.633. The van der Waals surface area contributed by atoms with Gasteiger partial charge in [-0.1, -0.05) is 42.5 Å². The SMILES string of the molecule is COc1cc(C2NC(=O)c3oc4c(C)c(C)ccc4c(=O)c32)ccc1OCc1ccccc1. The lowest BCUT2D eigenvalue weighted by atomic mass is 9.97. The Morgan fingerprint density at radius 3 is 2.52 bits per heavy atom. The molecule has 33 heavy (non-hydrogen) atoms. The summed E-state index contributed by atoms with van der Waals surface area (Å²) in [6, 6.07) is 18.2. The summed E-state index contributed by atoms with van der Waals surface area (Å²) in [5.74, 6) is 0.752. The van der Waals surface area contributed by atoms with Gasteiger partial charge in [0.15, 0.2) is 16.9 Å². The third-order valence-electron chi connectivity index (χ3n) is 6.14. The van der Waals surface area contributed by atoms with Gasteiger partial charge in [0.1, 0.15) is 12.2 Å². The number of amides is 1. The first-order chi connectivity index (χ1) is 16.0. The van der Waals surface area contributed by atoms with Crippen molar-refractivity contribution in [1.29, 1.82) is 0 Å². The fourth-order valence-corrected chi connectivity index (χ4v) is 4.17. The Morgan fingerprint density at radius 2 is 1.76 bits per heavy atom. The number of carbonyl (C=O) groups is 1. The van der Waals surface area contributed by atoms with Crippen LogP contribution in [0.25, 0.3) is 11.0 Å². The first kappa shape index (κ1) is 20.8. The van der Waals surface area contributed by atoms with Crippen LogP contribution in [0.5, 0.6) is 11.5 Å². The third-order valence-corrected chi connectivity index (χ3v) is 6.14. The quantitative estimate of drug-likeness (QED) is 0.480. The Hall–Kier alpha value is -4.06. The number of hydrogen-bond acceptors (Lipinski definition) is 5. The zero-order chi connectivity index (χ0) is 23.1. The molecular formula is C27H23NO5. The van der Waals surface area contributed by atoms with Crippen LogP contribution in [0.15, 0.2) is 69.9 Å². The van der Waals surface area contributed by atoms with Gasteiger partial charge in [-0.3, -0.25) is 9.59 Å². The van der Waals surface area contributed by atoms with Crippen molar-refractivity contribution in [2.45, 2.75) is 26.5 Å². The minimum absolute atomic E-state index is 0.0644. The van der Waals surface area contributed by atoms with Crippen molar-refractivity contribution >= 4 is 16.9 Å². The number of rotatable bonds is 5. The number of benzene rings is 3. The second-order valence-corrected chi connectivity index (χ2v) is 8.15. The highest BCUT2D eigenvalue weighted by atomic mass is 16.5. The van der Waals surface area contributed by atoms with Gasteiger partial charge >= 0.3 is 0 Å². The monoisotopic (exact) mass is 441 g/mol. The fourth-order valence-electron chi connectivity index (χ4n) is 4.17. The molecule has 0 radical (unpaired) electrons. The average Bonchev–Trinajstić information content (AvgIpc) is 3.17. The van der Waals surface area contributed by atoms with E-state index in [0.29, 0.717) is 40.2 Å². The average molecular weight is 441 g/mol. The van der Waals surface area contributed by atoms with Crippen molar-refractivity contribution in [3.63, 3.8) is 0 Å². The molecule has 0 saturated carbocycles. The van der Waals surface area contributed by atoms with Crippen LogP contribution in [-0.2, 0) is 6.61 Å². The molecule has 166 valence electrons. The second kappa shape index (κ2) is 8.13. The van der Waals surface area contributed by atoms with Gasteiger partial charge in [-0.25, -0.2) is 0 Å². The molecule has 4 aromatic rings. The Kier molecular flexibility index (Phi) is 5.13. The highest BCUT2D eigenvalue weighted by Gasteiger charge is 2.36. The number of nitrogens with one attached hydrogen (secondary N) is 1. The normalized spacial score (nSPS) is 14.8.